The van der Waals surface area contributed by atoms with Gasteiger partial charge in [-0.15, -0.1) is 0 Å². The van der Waals surface area contributed by atoms with E-state index in [0.29, 0.717) is 16.9 Å². The van der Waals surface area contributed by atoms with Gasteiger partial charge < -0.3 is 20.1 Å². The third kappa shape index (κ3) is 4.29. The molecule has 2 fully saturated rings. The molecule has 2 aliphatic heterocycles. The summed E-state index contributed by atoms with van der Waals surface area (Å²) in [6.07, 6.45) is 3.10. The van der Waals surface area contributed by atoms with Crippen molar-refractivity contribution in [1.82, 2.24) is 15.3 Å². The zero-order chi connectivity index (χ0) is 24.0. The number of aryl methyl sites for hydroxylation is 2. The summed E-state index contributed by atoms with van der Waals surface area (Å²) in [6.45, 7) is 10.9. The van der Waals surface area contributed by atoms with E-state index in [4.69, 9.17) is 23.8 Å². The summed E-state index contributed by atoms with van der Waals surface area (Å²) >= 11 is 12.8. The summed E-state index contributed by atoms with van der Waals surface area (Å²) in [6, 6.07) is 14.5. The molecule has 5 rings (SSSR count). The Kier molecular flexibility index (Phi) is 6.30. The molecule has 0 aliphatic carbocycles. The fourth-order valence-electron chi connectivity index (χ4n) is 5.76. The van der Waals surface area contributed by atoms with E-state index < -0.39 is 0 Å². The fraction of sp³-hybridized carbons (Fsp3) is 0.407. The minimum absolute atomic E-state index is 0.0377. The highest BCUT2D eigenvalue weighted by Gasteiger charge is 2.42. The molecule has 2 aliphatic rings. The standard InChI is InChI=1S/C27H32ClN5S/c1-16-11-17(2)15-32(14-16)24-9-8-20(13-22(24)28)33-26(21-12-18(3)30-19(21)4)25(31-27(33)34)23-7-5-6-10-29-23/h5-10,12-13,16-17,25-26,30H,11,14-15H2,1-4H3,(H,31,34)/t16-,17+,25-,26-/m1/s1. The van der Waals surface area contributed by atoms with E-state index in [0.717, 1.165) is 46.6 Å². The van der Waals surface area contributed by atoms with Crippen LogP contribution in [0.25, 0.3) is 0 Å². The number of nitrogens with one attached hydrogen (secondary N) is 2. The van der Waals surface area contributed by atoms with Gasteiger partial charge >= 0.3 is 0 Å². The molecular weight excluding hydrogens is 462 g/mol. The maximum atomic E-state index is 6.92. The van der Waals surface area contributed by atoms with Crippen molar-refractivity contribution in [2.45, 2.75) is 46.2 Å². The van der Waals surface area contributed by atoms with Gasteiger partial charge in [0.15, 0.2) is 5.11 Å². The Morgan fingerprint density at radius 3 is 2.44 bits per heavy atom. The molecule has 0 saturated carbocycles. The van der Waals surface area contributed by atoms with E-state index in [-0.39, 0.29) is 12.1 Å². The van der Waals surface area contributed by atoms with Crippen LogP contribution in [0.1, 0.15) is 55.0 Å². The van der Waals surface area contributed by atoms with Crippen LogP contribution in [0.3, 0.4) is 0 Å². The minimum Gasteiger partial charge on any atom is -0.370 e. The molecule has 34 heavy (non-hydrogen) atoms. The quantitative estimate of drug-likeness (QED) is 0.415. The van der Waals surface area contributed by atoms with E-state index in [1.807, 2.05) is 18.3 Å². The largest absolute Gasteiger partial charge is 0.370 e. The predicted octanol–water partition coefficient (Wildman–Crippen LogP) is 6.34. The van der Waals surface area contributed by atoms with Crippen molar-refractivity contribution in [2.75, 3.05) is 22.9 Å². The van der Waals surface area contributed by atoms with Crippen molar-refractivity contribution >= 4 is 40.3 Å². The lowest BCUT2D eigenvalue weighted by atomic mass is 9.91. The van der Waals surface area contributed by atoms with Gasteiger partial charge in [0.25, 0.3) is 0 Å². The Balaban J connectivity index is 1.54. The molecule has 0 amide bonds. The highest BCUT2D eigenvalue weighted by Crippen LogP contribution is 2.44. The van der Waals surface area contributed by atoms with Crippen molar-refractivity contribution in [3.63, 3.8) is 0 Å². The predicted molar refractivity (Wildman–Crippen MR) is 145 cm³/mol. The fourth-order valence-corrected chi connectivity index (χ4v) is 6.40. The molecule has 4 atom stereocenters. The normalized spacial score (nSPS) is 25.0. The maximum Gasteiger partial charge on any atom is 0.174 e. The van der Waals surface area contributed by atoms with Gasteiger partial charge in [-0.3, -0.25) is 4.98 Å². The molecule has 0 spiro atoms. The third-order valence-electron chi connectivity index (χ3n) is 7.03. The second-order valence-electron chi connectivity index (χ2n) is 10.0. The summed E-state index contributed by atoms with van der Waals surface area (Å²) < 4.78 is 0. The number of hydrogen-bond donors (Lipinski definition) is 2. The SMILES string of the molecule is Cc1cc([C@@H]2[C@@H](c3ccccn3)NC(=S)N2c2ccc(N3C[C@H](C)C[C@H](C)C3)c(Cl)c2)c(C)[nH]1. The molecule has 0 radical (unpaired) electrons. The molecule has 7 heteroatoms. The third-order valence-corrected chi connectivity index (χ3v) is 7.64. The van der Waals surface area contributed by atoms with Crippen LogP contribution >= 0.6 is 23.8 Å². The zero-order valence-corrected chi connectivity index (χ0v) is 21.7. The molecule has 2 aromatic heterocycles. The minimum atomic E-state index is -0.0650. The van der Waals surface area contributed by atoms with Crippen LogP contribution in [-0.4, -0.2) is 28.2 Å². The lowest BCUT2D eigenvalue weighted by Crippen LogP contribution is -2.38. The number of nitrogens with zero attached hydrogens (tertiary/aromatic N) is 3. The number of thiocarbonyl (C=S) groups is 1. The number of hydrogen-bond acceptors (Lipinski definition) is 3. The molecule has 5 nitrogen and oxygen atoms in total. The molecule has 0 unspecified atom stereocenters. The van der Waals surface area contributed by atoms with Crippen molar-refractivity contribution in [3.05, 3.63) is 76.3 Å². The van der Waals surface area contributed by atoms with Crippen molar-refractivity contribution in [2.24, 2.45) is 11.8 Å². The Labute approximate surface area is 212 Å². The van der Waals surface area contributed by atoms with E-state index in [9.17, 15) is 0 Å². The number of H-pyrrole nitrogens is 1. The Hall–Kier alpha value is -2.57. The summed E-state index contributed by atoms with van der Waals surface area (Å²) in [5, 5.41) is 4.99. The van der Waals surface area contributed by atoms with Crippen LogP contribution in [-0.2, 0) is 0 Å². The number of halogens is 1. The Bertz CT molecular complexity index is 1180. The van der Waals surface area contributed by atoms with Gasteiger partial charge in [0.1, 0.15) is 0 Å². The lowest BCUT2D eigenvalue weighted by molar-refractivity contribution is 0.357. The molecule has 2 N–H and O–H groups in total. The summed E-state index contributed by atoms with van der Waals surface area (Å²) in [7, 11) is 0. The zero-order valence-electron chi connectivity index (χ0n) is 20.2. The van der Waals surface area contributed by atoms with Crippen molar-refractivity contribution in [3.8, 4) is 0 Å². The second kappa shape index (κ2) is 9.23. The smallest absolute Gasteiger partial charge is 0.174 e. The number of benzene rings is 1. The van der Waals surface area contributed by atoms with Crippen LogP contribution in [0.5, 0.6) is 0 Å². The van der Waals surface area contributed by atoms with Gasteiger partial charge in [-0.05, 0) is 86.3 Å². The number of pyridine rings is 1. The first-order chi connectivity index (χ1) is 16.3. The van der Waals surface area contributed by atoms with Gasteiger partial charge in [0.2, 0.25) is 0 Å². The number of piperidine rings is 1. The van der Waals surface area contributed by atoms with Crippen molar-refractivity contribution in [1.29, 1.82) is 0 Å². The van der Waals surface area contributed by atoms with Crippen LogP contribution in [0, 0.1) is 25.7 Å². The molecular formula is C27H32ClN5S. The highest BCUT2D eigenvalue weighted by atomic mass is 35.5. The molecule has 0 bridgehead atoms. The molecule has 178 valence electrons. The Morgan fingerprint density at radius 1 is 1.06 bits per heavy atom. The van der Waals surface area contributed by atoms with E-state index in [1.165, 1.54) is 12.0 Å². The average molecular weight is 494 g/mol. The topological polar surface area (TPSA) is 47.2 Å². The first kappa shape index (κ1) is 23.2. The molecule has 3 aromatic rings. The van der Waals surface area contributed by atoms with Crippen LogP contribution in [0.15, 0.2) is 48.7 Å². The first-order valence-electron chi connectivity index (χ1n) is 12.0. The average Bonchev–Trinajstić information content (AvgIpc) is 3.31. The molecule has 4 heterocycles. The number of aromatic nitrogens is 2. The molecule has 1 aromatic carbocycles. The van der Waals surface area contributed by atoms with E-state index >= 15 is 0 Å². The number of anilines is 2. The van der Waals surface area contributed by atoms with Crippen molar-refractivity contribution < 1.29 is 0 Å². The number of rotatable bonds is 4. The highest BCUT2D eigenvalue weighted by molar-refractivity contribution is 7.80. The van der Waals surface area contributed by atoms with Crippen LogP contribution in [0.2, 0.25) is 5.02 Å². The summed E-state index contributed by atoms with van der Waals surface area (Å²) in [4.78, 5) is 12.7. The maximum absolute atomic E-state index is 6.92. The van der Waals surface area contributed by atoms with Gasteiger partial charge in [-0.2, -0.15) is 0 Å². The van der Waals surface area contributed by atoms with Gasteiger partial charge in [-0.1, -0.05) is 31.5 Å². The van der Waals surface area contributed by atoms with Gasteiger partial charge in [0.05, 0.1) is 28.5 Å². The van der Waals surface area contributed by atoms with Crippen LogP contribution < -0.4 is 15.1 Å². The lowest BCUT2D eigenvalue weighted by Gasteiger charge is -2.37. The van der Waals surface area contributed by atoms with E-state index in [1.54, 1.807) is 0 Å². The van der Waals surface area contributed by atoms with Gasteiger partial charge in [-0.25, -0.2) is 0 Å². The first-order valence-corrected chi connectivity index (χ1v) is 12.8. The van der Waals surface area contributed by atoms with Crippen LogP contribution in [0.4, 0.5) is 11.4 Å². The number of aromatic amines is 1. The summed E-state index contributed by atoms with van der Waals surface area (Å²) in [5.74, 6) is 1.33. The Morgan fingerprint density at radius 2 is 1.82 bits per heavy atom. The monoisotopic (exact) mass is 493 g/mol. The second-order valence-corrected chi connectivity index (χ2v) is 10.8. The van der Waals surface area contributed by atoms with Gasteiger partial charge in [0, 0.05) is 36.4 Å². The molecule has 2 saturated heterocycles. The summed E-state index contributed by atoms with van der Waals surface area (Å²) in [5.41, 5.74) is 6.54. The van der Waals surface area contributed by atoms with E-state index in [2.05, 4.69) is 83.1 Å².